The zero-order valence-corrected chi connectivity index (χ0v) is 12.1. The van der Waals surface area contributed by atoms with E-state index in [9.17, 15) is 9.90 Å². The second-order valence-corrected chi connectivity index (χ2v) is 5.47. The van der Waals surface area contributed by atoms with Crippen molar-refractivity contribution in [3.8, 4) is 11.3 Å². The lowest BCUT2D eigenvalue weighted by molar-refractivity contribution is -0.142. The van der Waals surface area contributed by atoms with Gasteiger partial charge in [0, 0.05) is 5.56 Å². The van der Waals surface area contributed by atoms with Gasteiger partial charge in [-0.3, -0.25) is 9.69 Å². The molecule has 0 aliphatic carbocycles. The van der Waals surface area contributed by atoms with Gasteiger partial charge < -0.3 is 9.52 Å². The number of halogens is 1. The number of oxazole rings is 1. The molecule has 1 atom stereocenters. The van der Waals surface area contributed by atoms with E-state index in [-0.39, 0.29) is 0 Å². The number of carboxylic acid groups (broad SMARTS) is 1. The van der Waals surface area contributed by atoms with Crippen LogP contribution in [0.1, 0.15) is 18.7 Å². The largest absolute Gasteiger partial charge is 0.480 e. The van der Waals surface area contributed by atoms with Crippen molar-refractivity contribution in [2.45, 2.75) is 25.4 Å². The number of benzene rings is 1. The smallest absolute Gasteiger partial charge is 0.320 e. The number of aromatic nitrogens is 1. The molecule has 1 fully saturated rings. The number of hydrogen-bond acceptors (Lipinski definition) is 4. The van der Waals surface area contributed by atoms with Crippen LogP contribution in [0.4, 0.5) is 0 Å². The van der Waals surface area contributed by atoms with Crippen molar-refractivity contribution in [3.05, 3.63) is 41.4 Å². The van der Waals surface area contributed by atoms with E-state index < -0.39 is 12.0 Å². The Balaban J connectivity index is 1.77. The van der Waals surface area contributed by atoms with Crippen molar-refractivity contribution in [1.82, 2.24) is 9.88 Å². The summed E-state index contributed by atoms with van der Waals surface area (Å²) in [5.74, 6) is 0.324. The maximum Gasteiger partial charge on any atom is 0.320 e. The van der Waals surface area contributed by atoms with Gasteiger partial charge in [0.1, 0.15) is 6.04 Å². The van der Waals surface area contributed by atoms with Gasteiger partial charge in [0.05, 0.1) is 17.8 Å². The van der Waals surface area contributed by atoms with Crippen molar-refractivity contribution in [2.24, 2.45) is 0 Å². The van der Waals surface area contributed by atoms with Crippen LogP contribution in [0, 0.1) is 0 Å². The minimum absolute atomic E-state index is 0.404. The van der Waals surface area contributed by atoms with Crippen molar-refractivity contribution in [2.75, 3.05) is 6.54 Å². The fourth-order valence-electron chi connectivity index (χ4n) is 2.64. The Bertz CT molecular complexity index is 656. The number of likely N-dealkylation sites (tertiary alicyclic amines) is 1. The van der Waals surface area contributed by atoms with Crippen LogP contribution in [0.5, 0.6) is 0 Å². The Kier molecular flexibility index (Phi) is 3.94. The Morgan fingerprint density at radius 1 is 1.48 bits per heavy atom. The van der Waals surface area contributed by atoms with Crippen molar-refractivity contribution in [3.63, 3.8) is 0 Å². The van der Waals surface area contributed by atoms with Gasteiger partial charge in [-0.15, -0.1) is 0 Å². The highest BCUT2D eigenvalue weighted by atomic mass is 35.5. The van der Waals surface area contributed by atoms with Crippen LogP contribution in [0.15, 0.2) is 34.9 Å². The SMILES string of the molecule is O=C(O)[C@@H]1CCCN1Cc1ncc(-c2ccccc2Cl)o1. The third-order valence-corrected chi connectivity index (χ3v) is 4.01. The summed E-state index contributed by atoms with van der Waals surface area (Å²) in [6.45, 7) is 1.15. The normalized spacial score (nSPS) is 19.0. The van der Waals surface area contributed by atoms with Gasteiger partial charge in [0.25, 0.3) is 0 Å². The fourth-order valence-corrected chi connectivity index (χ4v) is 2.87. The van der Waals surface area contributed by atoms with E-state index in [0.29, 0.717) is 29.6 Å². The summed E-state index contributed by atoms with van der Waals surface area (Å²) < 4.78 is 5.71. The second kappa shape index (κ2) is 5.87. The first-order chi connectivity index (χ1) is 10.1. The molecule has 1 saturated heterocycles. The molecule has 1 aliphatic heterocycles. The molecular weight excluding hydrogens is 292 g/mol. The van der Waals surface area contributed by atoms with Crippen molar-refractivity contribution < 1.29 is 14.3 Å². The first-order valence-electron chi connectivity index (χ1n) is 6.81. The van der Waals surface area contributed by atoms with Crippen LogP contribution in [-0.4, -0.2) is 33.5 Å². The fraction of sp³-hybridized carbons (Fsp3) is 0.333. The predicted molar refractivity (Wildman–Crippen MR) is 78.0 cm³/mol. The molecule has 3 rings (SSSR count). The van der Waals surface area contributed by atoms with Crippen LogP contribution < -0.4 is 0 Å². The van der Waals surface area contributed by atoms with Crippen molar-refractivity contribution >= 4 is 17.6 Å². The average Bonchev–Trinajstić information content (AvgIpc) is 3.09. The summed E-state index contributed by atoms with van der Waals surface area (Å²) in [5, 5.41) is 9.77. The number of carboxylic acids is 1. The van der Waals surface area contributed by atoms with E-state index in [0.717, 1.165) is 18.5 Å². The molecule has 21 heavy (non-hydrogen) atoms. The molecule has 0 unspecified atom stereocenters. The topological polar surface area (TPSA) is 66.6 Å². The van der Waals surface area contributed by atoms with Crippen LogP contribution in [-0.2, 0) is 11.3 Å². The van der Waals surface area contributed by atoms with E-state index in [4.69, 9.17) is 16.0 Å². The number of hydrogen-bond donors (Lipinski definition) is 1. The lowest BCUT2D eigenvalue weighted by atomic mass is 10.2. The molecule has 2 heterocycles. The maximum absolute atomic E-state index is 11.2. The molecule has 1 aliphatic rings. The quantitative estimate of drug-likeness (QED) is 0.940. The second-order valence-electron chi connectivity index (χ2n) is 5.06. The van der Waals surface area contributed by atoms with Gasteiger partial charge in [-0.2, -0.15) is 0 Å². The standard InChI is InChI=1S/C15H15ClN2O3/c16-11-5-2-1-4-10(11)13-8-17-14(21-13)9-18-7-3-6-12(18)15(19)20/h1-2,4-5,8,12H,3,6-7,9H2,(H,19,20)/t12-/m0/s1. The van der Waals surface area contributed by atoms with Gasteiger partial charge in [0.15, 0.2) is 5.76 Å². The minimum atomic E-state index is -0.787. The molecule has 6 heteroatoms. The van der Waals surface area contributed by atoms with Crippen LogP contribution >= 0.6 is 11.6 Å². The molecule has 2 aromatic rings. The molecule has 0 bridgehead atoms. The summed E-state index contributed by atoms with van der Waals surface area (Å²) in [6, 6.07) is 6.94. The van der Waals surface area contributed by atoms with E-state index in [1.165, 1.54) is 0 Å². The molecule has 1 aromatic carbocycles. The molecule has 110 valence electrons. The number of aliphatic carboxylic acids is 1. The molecule has 0 radical (unpaired) electrons. The summed E-state index contributed by atoms with van der Waals surface area (Å²) in [7, 11) is 0. The van der Waals surface area contributed by atoms with Gasteiger partial charge in [-0.25, -0.2) is 4.98 Å². The Hall–Kier alpha value is -1.85. The first-order valence-corrected chi connectivity index (χ1v) is 7.19. The molecule has 1 aromatic heterocycles. The lowest BCUT2D eigenvalue weighted by Gasteiger charge is -2.18. The molecule has 5 nitrogen and oxygen atoms in total. The number of rotatable bonds is 4. The van der Waals surface area contributed by atoms with Crippen molar-refractivity contribution in [1.29, 1.82) is 0 Å². The molecular formula is C15H15ClN2O3. The minimum Gasteiger partial charge on any atom is -0.480 e. The zero-order chi connectivity index (χ0) is 14.8. The zero-order valence-electron chi connectivity index (χ0n) is 11.3. The Morgan fingerprint density at radius 2 is 2.29 bits per heavy atom. The highest BCUT2D eigenvalue weighted by molar-refractivity contribution is 6.33. The highest BCUT2D eigenvalue weighted by Crippen LogP contribution is 2.29. The van der Waals surface area contributed by atoms with Gasteiger partial charge in [-0.1, -0.05) is 23.7 Å². The summed E-state index contributed by atoms with van der Waals surface area (Å²) in [5.41, 5.74) is 0.786. The van der Waals surface area contributed by atoms with Gasteiger partial charge in [0.2, 0.25) is 5.89 Å². The highest BCUT2D eigenvalue weighted by Gasteiger charge is 2.31. The summed E-state index contributed by atoms with van der Waals surface area (Å²) >= 11 is 6.13. The van der Waals surface area contributed by atoms with Crippen LogP contribution in [0.2, 0.25) is 5.02 Å². The van der Waals surface area contributed by atoms with E-state index in [1.807, 2.05) is 23.1 Å². The monoisotopic (exact) mass is 306 g/mol. The third-order valence-electron chi connectivity index (χ3n) is 3.68. The van der Waals surface area contributed by atoms with Crippen LogP contribution in [0.3, 0.4) is 0 Å². The van der Waals surface area contributed by atoms with Crippen LogP contribution in [0.25, 0.3) is 11.3 Å². The Labute approximate surface area is 127 Å². The molecule has 1 N–H and O–H groups in total. The average molecular weight is 307 g/mol. The third kappa shape index (κ3) is 2.94. The number of nitrogens with zero attached hydrogens (tertiary/aromatic N) is 2. The van der Waals surface area contributed by atoms with E-state index in [1.54, 1.807) is 12.3 Å². The van der Waals surface area contributed by atoms with E-state index in [2.05, 4.69) is 4.98 Å². The number of carbonyl (C=O) groups is 1. The molecule has 0 spiro atoms. The summed E-state index contributed by atoms with van der Waals surface area (Å²) in [4.78, 5) is 17.3. The van der Waals surface area contributed by atoms with Gasteiger partial charge >= 0.3 is 5.97 Å². The molecule has 0 saturated carbocycles. The van der Waals surface area contributed by atoms with E-state index >= 15 is 0 Å². The first kappa shape index (κ1) is 14.1. The lowest BCUT2D eigenvalue weighted by Crippen LogP contribution is -2.35. The maximum atomic E-state index is 11.2. The molecule has 0 amide bonds. The summed E-state index contributed by atoms with van der Waals surface area (Å²) in [6.07, 6.45) is 3.19. The van der Waals surface area contributed by atoms with Gasteiger partial charge in [-0.05, 0) is 31.5 Å². The predicted octanol–water partition coefficient (Wildman–Crippen LogP) is 3.04. The Morgan fingerprint density at radius 3 is 3.05 bits per heavy atom.